The van der Waals surface area contributed by atoms with Gasteiger partial charge in [-0.05, 0) is 58.6 Å². The third-order valence-corrected chi connectivity index (χ3v) is 14.3. The van der Waals surface area contributed by atoms with Gasteiger partial charge in [0.2, 0.25) is 0 Å². The van der Waals surface area contributed by atoms with E-state index in [-0.39, 0.29) is 17.0 Å². The summed E-state index contributed by atoms with van der Waals surface area (Å²) < 4.78 is 24.4. The molecule has 1 N–H and O–H groups in total. The Labute approximate surface area is 228 Å². The second-order valence-corrected chi connectivity index (χ2v) is 15.8. The van der Waals surface area contributed by atoms with Crippen LogP contribution in [0.25, 0.3) is 0 Å². The Balaban J connectivity index is 0.0000116. The molecule has 0 atom stereocenters. The summed E-state index contributed by atoms with van der Waals surface area (Å²) in [5.74, 6) is 1.32. The first-order valence-corrected chi connectivity index (χ1v) is 18.0. The molecule has 0 saturated carbocycles. The molecule has 1 aromatic carbocycles. The number of hydrogen-bond donors (Lipinski definition) is 1. The molecular weight excluding hydrogens is 543 g/mol. The Bertz CT molecular complexity index is 626. The van der Waals surface area contributed by atoms with Crippen molar-refractivity contribution in [2.75, 3.05) is 44.9 Å². The molecule has 0 aromatic heterocycles. The van der Waals surface area contributed by atoms with Crippen LogP contribution in [-0.2, 0) is 13.3 Å². The number of aromatic hydroxyl groups is 1. The van der Waals surface area contributed by atoms with E-state index < -0.39 is 16.1 Å². The minimum Gasteiger partial charge on any atom is -1.00 e. The maximum atomic E-state index is 10.5. The Morgan fingerprint density at radius 1 is 0.743 bits per heavy atom. The summed E-state index contributed by atoms with van der Waals surface area (Å²) in [5, 5.41) is 11.7. The van der Waals surface area contributed by atoms with Crippen LogP contribution in [0, 0.1) is 0 Å². The fourth-order valence-corrected chi connectivity index (χ4v) is 12.3. The van der Waals surface area contributed by atoms with E-state index in [2.05, 4.69) is 20.8 Å². The van der Waals surface area contributed by atoms with Crippen LogP contribution in [0.5, 0.6) is 11.5 Å². The molecule has 0 heterocycles. The first kappa shape index (κ1) is 34.8. The van der Waals surface area contributed by atoms with Crippen molar-refractivity contribution in [2.24, 2.45) is 0 Å². The number of ether oxygens (including phenoxy) is 1. The maximum absolute atomic E-state index is 10.5. The van der Waals surface area contributed by atoms with Crippen LogP contribution >= 0.6 is 7.26 Å². The minimum atomic E-state index is -2.66. The number of unbranched alkanes of at least 4 members (excludes halogenated alkanes) is 3. The van der Waals surface area contributed by atoms with Gasteiger partial charge in [-0.25, -0.2) is 0 Å². The van der Waals surface area contributed by atoms with Gasteiger partial charge in [-0.2, -0.15) is 0 Å². The van der Waals surface area contributed by atoms with Crippen molar-refractivity contribution in [2.45, 2.75) is 92.5 Å². The fourth-order valence-electron chi connectivity index (χ4n) is 4.55. The molecule has 0 aliphatic carbocycles. The normalized spacial score (nSPS) is 11.9. The molecule has 1 aromatic rings. The highest BCUT2D eigenvalue weighted by Gasteiger charge is 2.42. The molecule has 0 aliphatic heterocycles. The number of hydrogen-bond acceptors (Lipinski definition) is 5. The predicted molar refractivity (Wildman–Crippen MR) is 150 cm³/mol. The van der Waals surface area contributed by atoms with Gasteiger partial charge in [0.1, 0.15) is 11.1 Å². The highest BCUT2D eigenvalue weighted by Crippen LogP contribution is 2.61. The molecule has 1 rings (SSSR count). The minimum absolute atomic E-state index is 0. The van der Waals surface area contributed by atoms with Gasteiger partial charge in [0.15, 0.2) is 5.75 Å². The molecule has 8 heteroatoms. The highest BCUT2D eigenvalue weighted by atomic mass is 79.9. The highest BCUT2D eigenvalue weighted by molar-refractivity contribution is 7.83. The van der Waals surface area contributed by atoms with Crippen molar-refractivity contribution in [1.29, 1.82) is 0 Å². The van der Waals surface area contributed by atoms with Crippen molar-refractivity contribution in [3.63, 3.8) is 0 Å². The first-order chi connectivity index (χ1) is 16.5. The molecule has 0 amide bonds. The number of phenols is 1. The van der Waals surface area contributed by atoms with Crippen molar-refractivity contribution in [3.8, 4) is 11.5 Å². The summed E-state index contributed by atoms with van der Waals surface area (Å²) in [6, 6.07) is 6.52. The quantitative estimate of drug-likeness (QED) is 0.131. The van der Waals surface area contributed by atoms with Gasteiger partial charge < -0.3 is 40.1 Å². The van der Waals surface area contributed by atoms with Gasteiger partial charge >= 0.3 is 8.80 Å². The largest absolute Gasteiger partial charge is 1.00 e. The van der Waals surface area contributed by atoms with E-state index >= 15 is 0 Å². The zero-order valence-electron chi connectivity index (χ0n) is 23.2. The third kappa shape index (κ3) is 11.8. The van der Waals surface area contributed by atoms with Gasteiger partial charge in [-0.1, -0.05) is 40.0 Å². The fraction of sp³-hybridized carbons (Fsp3) is 0.778. The topological polar surface area (TPSA) is 57.2 Å². The zero-order chi connectivity index (χ0) is 25.3. The van der Waals surface area contributed by atoms with Crippen molar-refractivity contribution in [3.05, 3.63) is 18.2 Å². The van der Waals surface area contributed by atoms with E-state index in [4.69, 9.17) is 18.0 Å². The van der Waals surface area contributed by atoms with Gasteiger partial charge in [-0.15, -0.1) is 0 Å². The van der Waals surface area contributed by atoms with Crippen LogP contribution in [0.1, 0.15) is 86.5 Å². The van der Waals surface area contributed by atoms with Crippen LogP contribution in [0.2, 0.25) is 6.04 Å². The average molecular weight is 596 g/mol. The lowest BCUT2D eigenvalue weighted by Gasteiger charge is -2.30. The number of phenolic OH excluding ortho intramolecular Hbond substituents is 1. The molecular formula is C27H52BrO5PSi. The summed E-state index contributed by atoms with van der Waals surface area (Å²) >= 11 is 0. The molecule has 0 bridgehead atoms. The van der Waals surface area contributed by atoms with Crippen LogP contribution in [0.4, 0.5) is 0 Å². The van der Waals surface area contributed by atoms with E-state index in [0.717, 1.165) is 18.2 Å². The van der Waals surface area contributed by atoms with Gasteiger partial charge in [-0.3, -0.25) is 0 Å². The smallest absolute Gasteiger partial charge is 0.501 e. The summed E-state index contributed by atoms with van der Waals surface area (Å²) in [6.45, 7) is 15.2. The summed E-state index contributed by atoms with van der Waals surface area (Å²) in [5.41, 5.74) is 0. The predicted octanol–water partition coefficient (Wildman–Crippen LogP) is 4.26. The molecule has 0 aliphatic rings. The maximum Gasteiger partial charge on any atom is 0.501 e. The molecule has 0 radical (unpaired) electrons. The van der Waals surface area contributed by atoms with Crippen molar-refractivity contribution >= 4 is 21.4 Å². The van der Waals surface area contributed by atoms with Crippen LogP contribution in [0.3, 0.4) is 0 Å². The van der Waals surface area contributed by atoms with E-state index in [1.54, 1.807) is 6.07 Å². The Kier molecular flexibility index (Phi) is 19.8. The number of rotatable bonds is 21. The standard InChI is InChI=1S/C27H51O5PSi.BrH/c1-7-13-20-33(21-14-8-2,22-15-9-3)27-24-25(28)17-18-26(27)29-19-16-23-34(30-10-4,31-11-5)32-12-6;/h17-18,24H,7-16,19-23H2,1-6H3;1H. The molecule has 0 unspecified atom stereocenters. The second-order valence-electron chi connectivity index (χ2n) is 8.96. The van der Waals surface area contributed by atoms with Gasteiger partial charge in [0, 0.05) is 31.9 Å². The van der Waals surface area contributed by atoms with Crippen molar-refractivity contribution < 1.29 is 40.1 Å². The molecule has 35 heavy (non-hydrogen) atoms. The van der Waals surface area contributed by atoms with E-state index in [1.165, 1.54) is 62.3 Å². The Morgan fingerprint density at radius 3 is 1.66 bits per heavy atom. The molecule has 0 saturated heterocycles. The summed E-state index contributed by atoms with van der Waals surface area (Å²) in [4.78, 5) is 0. The molecule has 5 nitrogen and oxygen atoms in total. The average Bonchev–Trinajstić information content (AvgIpc) is 2.83. The van der Waals surface area contributed by atoms with Gasteiger partial charge in [0.05, 0.1) is 32.4 Å². The molecule has 0 spiro atoms. The molecule has 206 valence electrons. The van der Waals surface area contributed by atoms with Gasteiger partial charge in [0.25, 0.3) is 0 Å². The second kappa shape index (κ2) is 19.9. The molecule has 0 fully saturated rings. The number of halogens is 1. The monoisotopic (exact) mass is 594 g/mol. The zero-order valence-corrected chi connectivity index (χ0v) is 26.7. The summed E-state index contributed by atoms with van der Waals surface area (Å²) in [7, 11) is -4.08. The van der Waals surface area contributed by atoms with E-state index in [1.807, 2.05) is 32.9 Å². The lowest BCUT2D eigenvalue weighted by Crippen LogP contribution is -3.00. The Morgan fingerprint density at radius 2 is 1.23 bits per heavy atom. The van der Waals surface area contributed by atoms with Crippen molar-refractivity contribution in [1.82, 2.24) is 0 Å². The SMILES string of the molecule is CCCC[P+](CCCC)(CCCC)c1cc(O)ccc1OCCC[Si](OCC)(OCC)OCC.[Br-]. The third-order valence-electron chi connectivity index (χ3n) is 6.25. The van der Waals surface area contributed by atoms with Crippen LogP contribution in [-0.4, -0.2) is 58.8 Å². The number of benzene rings is 1. The summed E-state index contributed by atoms with van der Waals surface area (Å²) in [6.07, 6.45) is 11.9. The Hall–Kier alpha value is -0.173. The lowest BCUT2D eigenvalue weighted by molar-refractivity contribution is -0.0000196. The lowest BCUT2D eigenvalue weighted by atomic mass is 10.3. The van der Waals surface area contributed by atoms with E-state index in [0.29, 0.717) is 32.2 Å². The first-order valence-electron chi connectivity index (χ1n) is 13.7. The van der Waals surface area contributed by atoms with Crippen LogP contribution in [0.15, 0.2) is 18.2 Å². The van der Waals surface area contributed by atoms with Crippen LogP contribution < -0.4 is 27.0 Å². The van der Waals surface area contributed by atoms with E-state index in [9.17, 15) is 5.11 Å².